The Balaban J connectivity index is 1.23. The fourth-order valence-electron chi connectivity index (χ4n) is 12.3. The molecule has 0 bridgehead atoms. The number of nitrogens with zero attached hydrogens (tertiary/aromatic N) is 2. The highest BCUT2D eigenvalue weighted by Gasteiger charge is 2.67. The van der Waals surface area contributed by atoms with Crippen LogP contribution in [-0.4, -0.2) is 46.5 Å². The van der Waals surface area contributed by atoms with Gasteiger partial charge in [-0.2, -0.15) is 0 Å². The van der Waals surface area contributed by atoms with Crippen molar-refractivity contribution in [1.82, 2.24) is 0 Å². The highest BCUT2D eigenvalue weighted by atomic mass is 28.3. The average molecular weight is 673 g/mol. The van der Waals surface area contributed by atoms with Crippen molar-refractivity contribution in [2.24, 2.45) is 23.7 Å². The SMILES string of the molecule is Cc1ccc2c(c1)C1C(C3C=CC=CC3C1[Si](C)(CCCCCCOC(C)(C)C)C1C3C=CC=CC3C3C1c1cc(C)ccc1N3C)N2C. The van der Waals surface area contributed by atoms with Crippen molar-refractivity contribution in [2.75, 3.05) is 30.5 Å². The number of aryl methyl sites for hydroxylation is 2. The molecule has 2 aromatic carbocycles. The third-order valence-corrected chi connectivity index (χ3v) is 19.9. The van der Waals surface area contributed by atoms with Gasteiger partial charge in [-0.25, -0.2) is 0 Å². The van der Waals surface area contributed by atoms with Gasteiger partial charge in [0.2, 0.25) is 0 Å². The van der Waals surface area contributed by atoms with E-state index in [1.54, 1.807) is 11.1 Å². The molecule has 0 radical (unpaired) electrons. The number of hydrogen-bond donors (Lipinski definition) is 0. The van der Waals surface area contributed by atoms with E-state index in [-0.39, 0.29) is 5.60 Å². The number of benzene rings is 2. The summed E-state index contributed by atoms with van der Waals surface area (Å²) < 4.78 is 6.13. The van der Waals surface area contributed by atoms with Gasteiger partial charge in [-0.05, 0) is 87.2 Å². The van der Waals surface area contributed by atoms with Crippen LogP contribution >= 0.6 is 0 Å². The number of rotatable bonds is 9. The number of ether oxygens (including phenoxy) is 1. The number of hydrogen-bond acceptors (Lipinski definition) is 3. The summed E-state index contributed by atoms with van der Waals surface area (Å²) in [5.41, 5.74) is 10.5. The maximum Gasteiger partial charge on any atom is 0.0598 e. The van der Waals surface area contributed by atoms with Crippen molar-refractivity contribution in [3.8, 4) is 0 Å². The van der Waals surface area contributed by atoms with Crippen LogP contribution in [0.1, 0.15) is 80.5 Å². The number of likely N-dealkylation sites (N-methyl/N-ethyl adjacent to an activating group) is 2. The quantitative estimate of drug-likeness (QED) is 0.195. The Bertz CT molecular complexity index is 1590. The van der Waals surface area contributed by atoms with Crippen LogP contribution in [0, 0.1) is 37.5 Å². The molecule has 0 N–H and O–H groups in total. The summed E-state index contributed by atoms with van der Waals surface area (Å²) in [5, 5.41) is 0. The Kier molecular flexibility index (Phi) is 8.46. The molecule has 10 unspecified atom stereocenters. The lowest BCUT2D eigenvalue weighted by Crippen LogP contribution is -2.48. The summed E-state index contributed by atoms with van der Waals surface area (Å²) in [6.07, 6.45) is 25.2. The summed E-state index contributed by atoms with van der Waals surface area (Å²) >= 11 is 0. The second-order valence-electron chi connectivity index (χ2n) is 17.9. The average Bonchev–Trinajstić information content (AvgIpc) is 3.76. The molecule has 8 rings (SSSR count). The highest BCUT2D eigenvalue weighted by molar-refractivity contribution is 6.82. The van der Waals surface area contributed by atoms with E-state index in [4.69, 9.17) is 4.74 Å². The van der Waals surface area contributed by atoms with Gasteiger partial charge in [0.25, 0.3) is 0 Å². The molecule has 4 heteroatoms. The molecule has 0 amide bonds. The minimum Gasteiger partial charge on any atom is -0.376 e. The van der Waals surface area contributed by atoms with E-state index in [1.807, 2.05) is 0 Å². The topological polar surface area (TPSA) is 15.7 Å². The molecular formula is C45H60N2OSi. The molecule has 4 aliphatic carbocycles. The van der Waals surface area contributed by atoms with Crippen molar-refractivity contribution < 1.29 is 4.74 Å². The lowest BCUT2D eigenvalue weighted by atomic mass is 9.89. The van der Waals surface area contributed by atoms with Gasteiger partial charge >= 0.3 is 0 Å². The first kappa shape index (κ1) is 33.3. The van der Waals surface area contributed by atoms with Crippen LogP contribution in [-0.2, 0) is 4.74 Å². The zero-order valence-electron chi connectivity index (χ0n) is 31.4. The summed E-state index contributed by atoms with van der Waals surface area (Å²) in [4.78, 5) is 5.41. The normalized spacial score (nSPS) is 34.4. The van der Waals surface area contributed by atoms with Crippen molar-refractivity contribution >= 4 is 19.4 Å². The van der Waals surface area contributed by atoms with Gasteiger partial charge in [-0.15, -0.1) is 0 Å². The molecule has 2 saturated carbocycles. The molecule has 260 valence electrons. The molecule has 0 aromatic heterocycles. The Morgan fingerprint density at radius 1 is 0.633 bits per heavy atom. The summed E-state index contributed by atoms with van der Waals surface area (Å²) in [6.45, 7) is 15.0. The summed E-state index contributed by atoms with van der Waals surface area (Å²) in [5.74, 6) is 3.57. The Morgan fingerprint density at radius 2 is 1.08 bits per heavy atom. The van der Waals surface area contributed by atoms with Crippen LogP contribution in [0.4, 0.5) is 11.4 Å². The third kappa shape index (κ3) is 5.37. The second kappa shape index (κ2) is 12.4. The first-order chi connectivity index (χ1) is 23.5. The maximum absolute atomic E-state index is 6.13. The molecular weight excluding hydrogens is 613 g/mol. The first-order valence-electron chi connectivity index (χ1n) is 19.5. The van der Waals surface area contributed by atoms with Gasteiger partial charge in [0, 0.05) is 67.8 Å². The lowest BCUT2D eigenvalue weighted by Gasteiger charge is -2.48. The van der Waals surface area contributed by atoms with Crippen LogP contribution in [0.5, 0.6) is 0 Å². The molecule has 2 heterocycles. The zero-order valence-corrected chi connectivity index (χ0v) is 32.4. The van der Waals surface area contributed by atoms with Crippen LogP contribution in [0.15, 0.2) is 85.0 Å². The molecule has 2 fully saturated rings. The van der Waals surface area contributed by atoms with Gasteiger partial charge in [0.05, 0.1) is 13.7 Å². The van der Waals surface area contributed by atoms with Gasteiger partial charge in [0.1, 0.15) is 0 Å². The van der Waals surface area contributed by atoms with E-state index in [2.05, 4.69) is 150 Å². The minimum absolute atomic E-state index is 0.0489. The molecule has 2 aromatic rings. The fraction of sp³-hybridized carbons (Fsp3) is 0.556. The van der Waals surface area contributed by atoms with Crippen molar-refractivity contribution in [2.45, 2.75) is 113 Å². The predicted octanol–water partition coefficient (Wildman–Crippen LogP) is 10.7. The molecule has 49 heavy (non-hydrogen) atoms. The highest BCUT2D eigenvalue weighted by Crippen LogP contribution is 2.71. The lowest BCUT2D eigenvalue weighted by molar-refractivity contribution is -0.00471. The zero-order chi connectivity index (χ0) is 34.2. The van der Waals surface area contributed by atoms with E-state index < -0.39 is 8.07 Å². The summed E-state index contributed by atoms with van der Waals surface area (Å²) in [7, 11) is 2.76. The van der Waals surface area contributed by atoms with E-state index in [0.717, 1.165) is 6.61 Å². The van der Waals surface area contributed by atoms with Crippen molar-refractivity contribution in [3.05, 3.63) is 107 Å². The molecule has 10 atom stereocenters. The van der Waals surface area contributed by atoms with E-state index in [9.17, 15) is 0 Å². The second-order valence-corrected chi connectivity index (χ2v) is 22.8. The number of unbranched alkanes of at least 4 members (excludes halogenated alkanes) is 3. The smallest absolute Gasteiger partial charge is 0.0598 e. The number of fused-ring (bicyclic) bond motifs is 10. The number of anilines is 2. The molecule has 2 aliphatic heterocycles. The monoisotopic (exact) mass is 672 g/mol. The largest absolute Gasteiger partial charge is 0.376 e. The number of allylic oxidation sites excluding steroid dienone is 6. The third-order valence-electron chi connectivity index (χ3n) is 14.0. The standard InChI is InChI=1S/C45H60N2OSi/c1-29-21-23-37-35(27-29)39-41(46(37)6)31-17-11-13-19-33(31)43(39)49(8,26-16-10-9-15-25-48-45(3,4)5)44-34-20-14-12-18-32(34)42-40(44)36-28-30(2)22-24-38(36)47(42)7/h11-14,17-24,27-28,31-34,39-44H,9-10,15-16,25-26H2,1-8H3. The maximum atomic E-state index is 6.13. The Hall–Kier alpha value is -2.82. The molecule has 0 saturated heterocycles. The molecule has 0 spiro atoms. The van der Waals surface area contributed by atoms with Crippen LogP contribution in [0.3, 0.4) is 0 Å². The van der Waals surface area contributed by atoms with Gasteiger partial charge in [0.15, 0.2) is 0 Å². The first-order valence-corrected chi connectivity index (χ1v) is 22.4. The predicted molar refractivity (Wildman–Crippen MR) is 211 cm³/mol. The van der Waals surface area contributed by atoms with Crippen molar-refractivity contribution in [3.63, 3.8) is 0 Å². The fourth-order valence-corrected chi connectivity index (χ4v) is 19.2. The van der Waals surface area contributed by atoms with Gasteiger partial charge in [-0.1, -0.05) is 116 Å². The van der Waals surface area contributed by atoms with Crippen LogP contribution in [0.25, 0.3) is 0 Å². The minimum atomic E-state index is -2.06. The Morgan fingerprint density at radius 3 is 1.55 bits per heavy atom. The van der Waals surface area contributed by atoms with E-state index in [1.165, 1.54) is 54.2 Å². The van der Waals surface area contributed by atoms with Crippen LogP contribution < -0.4 is 9.80 Å². The molecule has 6 aliphatic rings. The van der Waals surface area contributed by atoms with Crippen LogP contribution in [0.2, 0.25) is 23.7 Å². The van der Waals surface area contributed by atoms with Gasteiger partial charge in [-0.3, -0.25) is 0 Å². The van der Waals surface area contributed by atoms with Crippen molar-refractivity contribution in [1.29, 1.82) is 0 Å². The van der Waals surface area contributed by atoms with E-state index >= 15 is 0 Å². The Labute approximate surface area is 298 Å². The van der Waals surface area contributed by atoms with E-state index in [0.29, 0.717) is 58.7 Å². The van der Waals surface area contributed by atoms with Gasteiger partial charge < -0.3 is 14.5 Å². The molecule has 3 nitrogen and oxygen atoms in total. The summed E-state index contributed by atoms with van der Waals surface area (Å²) in [6, 6.07) is 17.3.